The van der Waals surface area contributed by atoms with Crippen molar-refractivity contribution in [3.05, 3.63) is 79.0 Å². The van der Waals surface area contributed by atoms with E-state index < -0.39 is 0 Å². The lowest BCUT2D eigenvalue weighted by molar-refractivity contribution is 0.150. The van der Waals surface area contributed by atoms with Crippen molar-refractivity contribution in [2.24, 2.45) is 0 Å². The van der Waals surface area contributed by atoms with Gasteiger partial charge in [-0.1, -0.05) is 30.4 Å². The molecule has 2 aliphatic heterocycles. The molecule has 0 aromatic rings. The van der Waals surface area contributed by atoms with Gasteiger partial charge in [0.2, 0.25) is 0 Å². The molecule has 2 nitrogen and oxygen atoms in total. The highest BCUT2D eigenvalue weighted by Gasteiger charge is 2.44. The fourth-order valence-corrected chi connectivity index (χ4v) is 6.66. The zero-order valence-corrected chi connectivity index (χ0v) is 18.9. The van der Waals surface area contributed by atoms with Gasteiger partial charge in [-0.25, -0.2) is 0 Å². The summed E-state index contributed by atoms with van der Waals surface area (Å²) in [6.07, 6.45) is 15.8. The lowest BCUT2D eigenvalue weighted by Gasteiger charge is -2.36. The summed E-state index contributed by atoms with van der Waals surface area (Å²) in [4.78, 5) is 3.52. The molecule has 27 heavy (non-hydrogen) atoms. The van der Waals surface area contributed by atoms with Crippen LogP contribution in [0.3, 0.4) is 0 Å². The van der Waals surface area contributed by atoms with Crippen LogP contribution in [0.2, 0.25) is 0 Å². The predicted octanol–water partition coefficient (Wildman–Crippen LogP) is 5.94. The Bertz CT molecular complexity index is 844. The third-order valence-corrected chi connectivity index (χ3v) is 8.27. The highest BCUT2D eigenvalue weighted by molar-refractivity contribution is 9.12. The average molecular weight is 462 g/mol. The molecular weight excluding hydrogens is 438 g/mol. The van der Waals surface area contributed by atoms with Gasteiger partial charge in [-0.05, 0) is 83.0 Å². The number of hydrogen-bond acceptors (Lipinski definition) is 4. The molecule has 1 atom stereocenters. The standard InChI is InChI=1S/C22H24BrNOS2/c1-24(2)11-4-12-25-13-18-9-8-17-7-6-16-14-26-15-20(23)21(16)19-5-3-10-22(17,19)27-18/h3,5-9,14-15H,4,10-13H2,1-2H3. The van der Waals surface area contributed by atoms with Gasteiger partial charge >= 0.3 is 0 Å². The summed E-state index contributed by atoms with van der Waals surface area (Å²) in [6, 6.07) is 0. The number of halogens is 1. The summed E-state index contributed by atoms with van der Waals surface area (Å²) < 4.78 is 7.14. The van der Waals surface area contributed by atoms with Gasteiger partial charge in [0, 0.05) is 21.6 Å². The number of thioether (sulfide) groups is 2. The molecule has 0 N–H and O–H groups in total. The van der Waals surface area contributed by atoms with Crippen molar-refractivity contribution in [3.8, 4) is 0 Å². The van der Waals surface area contributed by atoms with Gasteiger partial charge in [-0.2, -0.15) is 0 Å². The van der Waals surface area contributed by atoms with Crippen molar-refractivity contribution in [2.45, 2.75) is 17.6 Å². The maximum Gasteiger partial charge on any atom is 0.0775 e. The Morgan fingerprint density at radius 1 is 1.19 bits per heavy atom. The smallest absolute Gasteiger partial charge is 0.0775 e. The minimum absolute atomic E-state index is 0.0205. The monoisotopic (exact) mass is 461 g/mol. The SMILES string of the molecule is CN(C)CCCOCC1=CC=C2C=CC3=CSC=C(Br)C3=C3C=CCC23S1. The van der Waals surface area contributed by atoms with Gasteiger partial charge in [0.05, 0.1) is 11.4 Å². The summed E-state index contributed by atoms with van der Waals surface area (Å²) in [7, 11) is 4.21. The van der Waals surface area contributed by atoms with Gasteiger partial charge in [-0.15, -0.1) is 23.5 Å². The number of nitrogens with zero attached hydrogens (tertiary/aromatic N) is 1. The lowest BCUT2D eigenvalue weighted by Crippen LogP contribution is -2.28. The molecule has 0 saturated carbocycles. The highest BCUT2D eigenvalue weighted by atomic mass is 79.9. The molecule has 0 saturated heterocycles. The first-order valence-electron chi connectivity index (χ1n) is 9.24. The average Bonchev–Trinajstić information content (AvgIpc) is 2.98. The molecule has 2 aliphatic carbocycles. The molecular formula is C22H24BrNOS2. The van der Waals surface area contributed by atoms with Crippen molar-refractivity contribution in [1.29, 1.82) is 0 Å². The molecule has 0 amide bonds. The summed E-state index contributed by atoms with van der Waals surface area (Å²) in [5.74, 6) is 0. The molecule has 0 radical (unpaired) electrons. The predicted molar refractivity (Wildman–Crippen MR) is 123 cm³/mol. The van der Waals surface area contributed by atoms with Crippen molar-refractivity contribution < 1.29 is 4.74 Å². The van der Waals surface area contributed by atoms with Gasteiger partial charge in [-0.3, -0.25) is 0 Å². The van der Waals surface area contributed by atoms with Crippen LogP contribution < -0.4 is 0 Å². The Morgan fingerprint density at radius 2 is 2.07 bits per heavy atom. The van der Waals surface area contributed by atoms with E-state index in [2.05, 4.69) is 82.2 Å². The minimum Gasteiger partial charge on any atom is -0.376 e. The van der Waals surface area contributed by atoms with Gasteiger partial charge in [0.25, 0.3) is 0 Å². The van der Waals surface area contributed by atoms with E-state index in [0.29, 0.717) is 6.61 Å². The lowest BCUT2D eigenvalue weighted by atomic mass is 9.88. The molecule has 2 heterocycles. The molecule has 1 spiro atoms. The number of fused-ring (bicyclic) bond motifs is 1. The van der Waals surface area contributed by atoms with E-state index in [1.54, 1.807) is 11.8 Å². The minimum atomic E-state index is -0.0205. The Hall–Kier alpha value is -0.720. The van der Waals surface area contributed by atoms with Crippen LogP contribution in [0.4, 0.5) is 0 Å². The third kappa shape index (κ3) is 3.90. The molecule has 0 fully saturated rings. The zero-order chi connectivity index (χ0) is 18.9. The van der Waals surface area contributed by atoms with Crippen molar-refractivity contribution in [2.75, 3.05) is 33.9 Å². The second-order valence-corrected chi connectivity index (χ2v) is 10.3. The molecule has 4 aliphatic rings. The Labute approximate surface area is 179 Å². The van der Waals surface area contributed by atoms with E-state index in [1.807, 2.05) is 11.8 Å². The van der Waals surface area contributed by atoms with Crippen molar-refractivity contribution in [1.82, 2.24) is 4.90 Å². The summed E-state index contributed by atoms with van der Waals surface area (Å²) in [5, 5.41) is 4.43. The first-order chi connectivity index (χ1) is 13.1. The van der Waals surface area contributed by atoms with E-state index in [9.17, 15) is 0 Å². The largest absolute Gasteiger partial charge is 0.376 e. The first kappa shape index (κ1) is 19.6. The van der Waals surface area contributed by atoms with Crippen LogP contribution in [0, 0.1) is 0 Å². The zero-order valence-electron chi connectivity index (χ0n) is 15.7. The van der Waals surface area contributed by atoms with Crippen LogP contribution >= 0.6 is 39.5 Å². The molecule has 0 aromatic heterocycles. The second kappa shape index (κ2) is 8.34. The Kier molecular flexibility index (Phi) is 6.05. The number of hydrogen-bond donors (Lipinski definition) is 0. The van der Waals surface area contributed by atoms with Crippen LogP contribution in [0.5, 0.6) is 0 Å². The Balaban J connectivity index is 1.56. The number of rotatable bonds is 6. The summed E-state index contributed by atoms with van der Waals surface area (Å²) >= 11 is 7.51. The molecule has 1 unspecified atom stereocenters. The van der Waals surface area contributed by atoms with Crippen molar-refractivity contribution in [3.63, 3.8) is 0 Å². The van der Waals surface area contributed by atoms with Crippen LogP contribution in [0.1, 0.15) is 12.8 Å². The molecule has 0 bridgehead atoms. The van der Waals surface area contributed by atoms with Crippen LogP contribution in [-0.4, -0.2) is 43.5 Å². The fraction of sp³-hybridized carbons (Fsp3) is 0.364. The van der Waals surface area contributed by atoms with Crippen LogP contribution in [-0.2, 0) is 4.74 Å². The van der Waals surface area contributed by atoms with Crippen LogP contribution in [0.15, 0.2) is 79.0 Å². The second-order valence-electron chi connectivity index (χ2n) is 7.30. The fourth-order valence-electron chi connectivity index (χ4n) is 3.81. The van der Waals surface area contributed by atoms with E-state index in [-0.39, 0.29) is 4.75 Å². The van der Waals surface area contributed by atoms with E-state index in [4.69, 9.17) is 4.74 Å². The Morgan fingerprint density at radius 3 is 2.93 bits per heavy atom. The van der Waals surface area contributed by atoms with Crippen LogP contribution in [0.25, 0.3) is 0 Å². The van der Waals surface area contributed by atoms with E-state index in [0.717, 1.165) is 26.0 Å². The molecule has 4 rings (SSSR count). The van der Waals surface area contributed by atoms with Crippen molar-refractivity contribution >= 4 is 39.5 Å². The maximum atomic E-state index is 5.97. The maximum absolute atomic E-state index is 5.97. The summed E-state index contributed by atoms with van der Waals surface area (Å²) in [5.41, 5.74) is 5.43. The number of ether oxygens (including phenoxy) is 1. The molecule has 142 valence electrons. The van der Waals surface area contributed by atoms with E-state index in [1.165, 1.54) is 31.7 Å². The molecule has 5 heteroatoms. The molecule has 0 aromatic carbocycles. The highest BCUT2D eigenvalue weighted by Crippen LogP contribution is 2.57. The van der Waals surface area contributed by atoms with Gasteiger partial charge in [0.1, 0.15) is 0 Å². The first-order valence-corrected chi connectivity index (χ1v) is 11.8. The summed E-state index contributed by atoms with van der Waals surface area (Å²) in [6.45, 7) is 2.58. The third-order valence-electron chi connectivity index (χ3n) is 5.09. The van der Waals surface area contributed by atoms with Gasteiger partial charge < -0.3 is 9.64 Å². The normalized spacial score (nSPS) is 26.1. The van der Waals surface area contributed by atoms with E-state index >= 15 is 0 Å². The number of allylic oxidation sites excluding steroid dienone is 9. The quantitative estimate of drug-likeness (QED) is 0.453. The van der Waals surface area contributed by atoms with Gasteiger partial charge in [0.15, 0.2) is 0 Å². The topological polar surface area (TPSA) is 12.5 Å².